The van der Waals surface area contributed by atoms with Crippen molar-refractivity contribution in [3.63, 3.8) is 0 Å². The van der Waals surface area contributed by atoms with Crippen molar-refractivity contribution in [2.45, 2.75) is 0 Å². The number of hydrogen-bond acceptors (Lipinski definition) is 4. The van der Waals surface area contributed by atoms with Gasteiger partial charge in [0.15, 0.2) is 0 Å². The van der Waals surface area contributed by atoms with E-state index in [1.165, 1.54) is 23.5 Å². The molecule has 0 radical (unpaired) electrons. The second kappa shape index (κ2) is 5.16. The van der Waals surface area contributed by atoms with E-state index in [9.17, 15) is 4.39 Å². The Hall–Kier alpha value is -2.27. The highest BCUT2D eigenvalue weighted by Crippen LogP contribution is 2.27. The highest BCUT2D eigenvalue weighted by atomic mass is 32.1. The highest BCUT2D eigenvalue weighted by molar-refractivity contribution is 7.18. The number of hydrogen-bond donors (Lipinski definition) is 1. The van der Waals surface area contributed by atoms with E-state index in [0.717, 1.165) is 16.3 Å². The lowest BCUT2D eigenvalue weighted by atomic mass is 10.2. The summed E-state index contributed by atoms with van der Waals surface area (Å²) in [5.74, 6) is -0.257. The summed E-state index contributed by atoms with van der Waals surface area (Å²) in [6.45, 7) is 0. The van der Waals surface area contributed by atoms with E-state index < -0.39 is 0 Å². The third-order valence-electron chi connectivity index (χ3n) is 2.54. The number of aromatic nitrogens is 2. The smallest absolute Gasteiger partial charge is 0.210 e. The second-order valence-corrected chi connectivity index (χ2v) is 4.89. The summed E-state index contributed by atoms with van der Waals surface area (Å²) in [6.07, 6.45) is 0. The molecule has 94 valence electrons. The van der Waals surface area contributed by atoms with Gasteiger partial charge in [0.2, 0.25) is 5.13 Å². The standard InChI is InChI=1S/C14H10FN3S/c15-11-6-8-12(9-7-11)16-14-18-17-13(19-14)10-4-2-1-3-5-10/h1-9H,(H,16,18). The minimum Gasteiger partial charge on any atom is -0.330 e. The SMILES string of the molecule is Fc1ccc(Nc2nnc(-c3ccccc3)s2)cc1. The van der Waals surface area contributed by atoms with Crippen LogP contribution in [0.15, 0.2) is 54.6 Å². The first-order valence-corrected chi connectivity index (χ1v) is 6.54. The molecule has 0 spiro atoms. The number of halogens is 1. The van der Waals surface area contributed by atoms with Gasteiger partial charge in [0, 0.05) is 11.3 Å². The van der Waals surface area contributed by atoms with Crippen molar-refractivity contribution in [3.8, 4) is 10.6 Å². The first-order chi connectivity index (χ1) is 9.31. The Balaban J connectivity index is 1.80. The van der Waals surface area contributed by atoms with Crippen LogP contribution in [0.25, 0.3) is 10.6 Å². The Morgan fingerprint density at radius 3 is 2.37 bits per heavy atom. The maximum atomic E-state index is 12.8. The molecule has 2 aromatic carbocycles. The van der Waals surface area contributed by atoms with Crippen LogP contribution < -0.4 is 5.32 Å². The zero-order valence-corrected chi connectivity index (χ0v) is 10.7. The van der Waals surface area contributed by atoms with Crippen molar-refractivity contribution in [1.29, 1.82) is 0 Å². The van der Waals surface area contributed by atoms with Gasteiger partial charge in [-0.25, -0.2) is 4.39 Å². The fourth-order valence-corrected chi connectivity index (χ4v) is 2.40. The van der Waals surface area contributed by atoms with E-state index in [2.05, 4.69) is 15.5 Å². The molecular formula is C14H10FN3S. The molecule has 0 unspecified atom stereocenters. The molecule has 3 rings (SSSR count). The summed E-state index contributed by atoms with van der Waals surface area (Å²) in [6, 6.07) is 16.0. The van der Waals surface area contributed by atoms with Crippen molar-refractivity contribution >= 4 is 22.2 Å². The molecule has 19 heavy (non-hydrogen) atoms. The van der Waals surface area contributed by atoms with E-state index in [0.29, 0.717) is 5.13 Å². The predicted octanol–water partition coefficient (Wildman–Crippen LogP) is 4.09. The van der Waals surface area contributed by atoms with Crippen LogP contribution in [0.5, 0.6) is 0 Å². The van der Waals surface area contributed by atoms with E-state index in [4.69, 9.17) is 0 Å². The fraction of sp³-hybridized carbons (Fsp3) is 0. The summed E-state index contributed by atoms with van der Waals surface area (Å²) < 4.78 is 12.8. The summed E-state index contributed by atoms with van der Waals surface area (Å²) in [5, 5.41) is 12.8. The minimum absolute atomic E-state index is 0.257. The zero-order chi connectivity index (χ0) is 13.1. The van der Waals surface area contributed by atoms with Crippen molar-refractivity contribution in [2.24, 2.45) is 0 Å². The Kier molecular flexibility index (Phi) is 3.20. The van der Waals surface area contributed by atoms with Gasteiger partial charge in [-0.2, -0.15) is 0 Å². The molecule has 3 nitrogen and oxygen atoms in total. The predicted molar refractivity (Wildman–Crippen MR) is 75.0 cm³/mol. The maximum absolute atomic E-state index is 12.8. The first kappa shape index (κ1) is 11.8. The summed E-state index contributed by atoms with van der Waals surface area (Å²) in [5.41, 5.74) is 1.82. The Bertz CT molecular complexity index is 665. The summed E-state index contributed by atoms with van der Waals surface area (Å²) in [7, 11) is 0. The molecule has 0 saturated carbocycles. The van der Waals surface area contributed by atoms with Gasteiger partial charge >= 0.3 is 0 Å². The summed E-state index contributed by atoms with van der Waals surface area (Å²) >= 11 is 1.46. The molecule has 0 fully saturated rings. The number of anilines is 2. The lowest BCUT2D eigenvalue weighted by Crippen LogP contribution is -1.89. The van der Waals surface area contributed by atoms with E-state index >= 15 is 0 Å². The Morgan fingerprint density at radius 1 is 0.895 bits per heavy atom. The lowest BCUT2D eigenvalue weighted by molar-refractivity contribution is 0.628. The van der Waals surface area contributed by atoms with Crippen LogP contribution in [0.3, 0.4) is 0 Å². The highest BCUT2D eigenvalue weighted by Gasteiger charge is 2.06. The lowest BCUT2D eigenvalue weighted by Gasteiger charge is -2.00. The molecule has 0 bridgehead atoms. The monoisotopic (exact) mass is 271 g/mol. The molecule has 0 aliphatic heterocycles. The topological polar surface area (TPSA) is 37.8 Å². The molecule has 5 heteroatoms. The normalized spacial score (nSPS) is 10.4. The molecule has 0 aliphatic carbocycles. The van der Waals surface area contributed by atoms with Gasteiger partial charge in [-0.05, 0) is 24.3 Å². The van der Waals surface area contributed by atoms with Crippen LogP contribution in [-0.4, -0.2) is 10.2 Å². The number of nitrogens with zero attached hydrogens (tertiary/aromatic N) is 2. The van der Waals surface area contributed by atoms with Gasteiger partial charge < -0.3 is 5.32 Å². The largest absolute Gasteiger partial charge is 0.330 e. The molecule has 1 aromatic heterocycles. The molecule has 1 heterocycles. The number of rotatable bonds is 3. The number of nitrogens with one attached hydrogen (secondary N) is 1. The van der Waals surface area contributed by atoms with Crippen LogP contribution in [0.2, 0.25) is 0 Å². The molecular weight excluding hydrogens is 261 g/mol. The first-order valence-electron chi connectivity index (χ1n) is 5.73. The second-order valence-electron chi connectivity index (χ2n) is 3.91. The van der Waals surface area contributed by atoms with Crippen molar-refractivity contribution < 1.29 is 4.39 Å². The molecule has 0 atom stereocenters. The molecule has 0 aliphatic rings. The molecule has 0 saturated heterocycles. The Labute approximate surface area is 113 Å². The van der Waals surface area contributed by atoms with Crippen LogP contribution >= 0.6 is 11.3 Å². The van der Waals surface area contributed by atoms with E-state index in [1.54, 1.807) is 12.1 Å². The van der Waals surface area contributed by atoms with Gasteiger partial charge in [0.1, 0.15) is 10.8 Å². The third kappa shape index (κ3) is 2.77. The van der Waals surface area contributed by atoms with Gasteiger partial charge in [-0.1, -0.05) is 41.7 Å². The van der Waals surface area contributed by atoms with Gasteiger partial charge in [0.05, 0.1) is 0 Å². The quantitative estimate of drug-likeness (QED) is 0.779. The number of benzene rings is 2. The van der Waals surface area contributed by atoms with Crippen molar-refractivity contribution in [1.82, 2.24) is 10.2 Å². The molecule has 3 aromatic rings. The summed E-state index contributed by atoms with van der Waals surface area (Å²) in [4.78, 5) is 0. The average molecular weight is 271 g/mol. The molecule has 1 N–H and O–H groups in total. The van der Waals surface area contributed by atoms with Gasteiger partial charge in [0.25, 0.3) is 0 Å². The average Bonchev–Trinajstić information content (AvgIpc) is 2.91. The van der Waals surface area contributed by atoms with Gasteiger partial charge in [-0.3, -0.25) is 0 Å². The fourth-order valence-electron chi connectivity index (χ4n) is 1.63. The third-order valence-corrected chi connectivity index (χ3v) is 3.43. The molecule has 0 amide bonds. The van der Waals surface area contributed by atoms with Crippen molar-refractivity contribution in [3.05, 3.63) is 60.4 Å². The van der Waals surface area contributed by atoms with E-state index in [1.807, 2.05) is 30.3 Å². The van der Waals surface area contributed by atoms with Crippen LogP contribution in [0.1, 0.15) is 0 Å². The maximum Gasteiger partial charge on any atom is 0.210 e. The van der Waals surface area contributed by atoms with Crippen LogP contribution in [-0.2, 0) is 0 Å². The minimum atomic E-state index is -0.257. The van der Waals surface area contributed by atoms with Gasteiger partial charge in [-0.15, -0.1) is 10.2 Å². The van der Waals surface area contributed by atoms with Crippen LogP contribution in [0, 0.1) is 5.82 Å². The Morgan fingerprint density at radius 2 is 1.63 bits per heavy atom. The zero-order valence-electron chi connectivity index (χ0n) is 9.88. The van der Waals surface area contributed by atoms with E-state index in [-0.39, 0.29) is 5.82 Å². The van der Waals surface area contributed by atoms with Crippen LogP contribution in [0.4, 0.5) is 15.2 Å². The van der Waals surface area contributed by atoms with Crippen molar-refractivity contribution in [2.75, 3.05) is 5.32 Å².